The van der Waals surface area contributed by atoms with Crippen molar-refractivity contribution >= 4 is 27.7 Å². The van der Waals surface area contributed by atoms with E-state index in [0.717, 1.165) is 10.2 Å². The third-order valence-electron chi connectivity index (χ3n) is 2.18. The van der Waals surface area contributed by atoms with Crippen molar-refractivity contribution in [2.45, 2.75) is 24.4 Å². The number of rotatable bonds is 4. The molecule has 0 aliphatic rings. The molecule has 0 atom stereocenters. The standard InChI is InChI=1S/C10H11BrN4OS/c1-2-15-9(16)13-14-10(15)17-6-8-4-3-7(11)5-12-8/h3-5H,2,6H2,1H3,(H,13,16). The SMILES string of the molecule is CCn1c(SCc2ccc(Br)cn2)n[nH]c1=O. The Kier molecular flexibility index (Phi) is 4.01. The van der Waals surface area contributed by atoms with Gasteiger partial charge in [0.1, 0.15) is 0 Å². The van der Waals surface area contributed by atoms with Crippen LogP contribution >= 0.6 is 27.7 Å². The summed E-state index contributed by atoms with van der Waals surface area (Å²) in [5.41, 5.74) is 0.787. The van der Waals surface area contributed by atoms with Crippen molar-refractivity contribution in [3.63, 3.8) is 0 Å². The van der Waals surface area contributed by atoms with Crippen LogP contribution in [-0.4, -0.2) is 19.7 Å². The Balaban J connectivity index is 2.07. The molecule has 0 aliphatic carbocycles. The number of hydrogen-bond acceptors (Lipinski definition) is 4. The van der Waals surface area contributed by atoms with E-state index in [4.69, 9.17) is 0 Å². The molecule has 0 aliphatic heterocycles. The molecule has 7 heteroatoms. The van der Waals surface area contributed by atoms with Gasteiger partial charge < -0.3 is 0 Å². The van der Waals surface area contributed by atoms with Gasteiger partial charge in [-0.25, -0.2) is 9.89 Å². The van der Waals surface area contributed by atoms with E-state index in [-0.39, 0.29) is 5.69 Å². The molecule has 2 aromatic rings. The van der Waals surface area contributed by atoms with E-state index < -0.39 is 0 Å². The van der Waals surface area contributed by atoms with Crippen LogP contribution in [-0.2, 0) is 12.3 Å². The lowest BCUT2D eigenvalue weighted by Crippen LogP contribution is -2.16. The number of nitrogens with one attached hydrogen (secondary N) is 1. The average molecular weight is 315 g/mol. The highest BCUT2D eigenvalue weighted by molar-refractivity contribution is 9.10. The van der Waals surface area contributed by atoms with Gasteiger partial charge in [-0.15, -0.1) is 5.10 Å². The first-order valence-corrected chi connectivity index (χ1v) is 6.87. The fraction of sp³-hybridized carbons (Fsp3) is 0.300. The van der Waals surface area contributed by atoms with E-state index in [1.807, 2.05) is 19.1 Å². The Labute approximate surface area is 111 Å². The molecule has 0 fully saturated rings. The molecule has 1 N–H and O–H groups in total. The highest BCUT2D eigenvalue weighted by Crippen LogP contribution is 2.19. The molecule has 0 bridgehead atoms. The van der Waals surface area contributed by atoms with Gasteiger partial charge in [-0.05, 0) is 35.0 Å². The Hall–Kier alpha value is -1.08. The summed E-state index contributed by atoms with van der Waals surface area (Å²) in [7, 11) is 0. The number of aromatic nitrogens is 4. The van der Waals surface area contributed by atoms with Crippen LogP contribution in [0.4, 0.5) is 0 Å². The van der Waals surface area contributed by atoms with E-state index >= 15 is 0 Å². The highest BCUT2D eigenvalue weighted by Gasteiger charge is 2.07. The first-order chi connectivity index (χ1) is 8.20. The lowest BCUT2D eigenvalue weighted by molar-refractivity contribution is 0.660. The second-order valence-electron chi connectivity index (χ2n) is 3.31. The molecular formula is C10H11BrN4OS. The number of halogens is 1. The van der Waals surface area contributed by atoms with Gasteiger partial charge in [0.2, 0.25) is 0 Å². The van der Waals surface area contributed by atoms with Crippen molar-refractivity contribution in [3.05, 3.63) is 39.0 Å². The third kappa shape index (κ3) is 2.98. The van der Waals surface area contributed by atoms with Gasteiger partial charge in [0.05, 0.1) is 5.69 Å². The molecule has 2 heterocycles. The zero-order chi connectivity index (χ0) is 12.3. The molecule has 90 valence electrons. The predicted octanol–water partition coefficient (Wildman–Crippen LogP) is 2.04. The molecule has 0 radical (unpaired) electrons. The summed E-state index contributed by atoms with van der Waals surface area (Å²) in [5.74, 6) is 0.692. The van der Waals surface area contributed by atoms with Crippen molar-refractivity contribution in [1.29, 1.82) is 0 Å². The molecule has 0 unspecified atom stereocenters. The van der Waals surface area contributed by atoms with Crippen LogP contribution in [0.2, 0.25) is 0 Å². The van der Waals surface area contributed by atoms with Gasteiger partial charge >= 0.3 is 5.69 Å². The molecule has 0 aromatic carbocycles. The van der Waals surface area contributed by atoms with E-state index in [9.17, 15) is 4.79 Å². The maximum absolute atomic E-state index is 11.3. The van der Waals surface area contributed by atoms with E-state index in [1.165, 1.54) is 11.8 Å². The second kappa shape index (κ2) is 5.50. The molecule has 5 nitrogen and oxygen atoms in total. The third-order valence-corrected chi connectivity index (χ3v) is 3.66. The van der Waals surface area contributed by atoms with Crippen LogP contribution in [0.1, 0.15) is 12.6 Å². The molecule has 0 saturated carbocycles. The number of nitrogens with zero attached hydrogens (tertiary/aromatic N) is 3. The number of aromatic amines is 1. The lowest BCUT2D eigenvalue weighted by Gasteiger charge is -2.01. The average Bonchev–Trinajstić information content (AvgIpc) is 2.69. The first-order valence-electron chi connectivity index (χ1n) is 5.09. The fourth-order valence-electron chi connectivity index (χ4n) is 1.32. The summed E-state index contributed by atoms with van der Waals surface area (Å²) in [6, 6.07) is 3.89. The second-order valence-corrected chi connectivity index (χ2v) is 5.17. The van der Waals surface area contributed by atoms with Gasteiger partial charge in [0.15, 0.2) is 5.16 Å². The van der Waals surface area contributed by atoms with Crippen molar-refractivity contribution < 1.29 is 0 Å². The van der Waals surface area contributed by atoms with Crippen LogP contribution in [0.3, 0.4) is 0 Å². The summed E-state index contributed by atoms with van der Waals surface area (Å²) < 4.78 is 2.56. The zero-order valence-electron chi connectivity index (χ0n) is 9.18. The molecule has 2 rings (SSSR count). The molecule has 2 aromatic heterocycles. The van der Waals surface area contributed by atoms with E-state index in [0.29, 0.717) is 17.5 Å². The van der Waals surface area contributed by atoms with Crippen molar-refractivity contribution in [1.82, 2.24) is 19.7 Å². The van der Waals surface area contributed by atoms with Crippen LogP contribution in [0.15, 0.2) is 32.8 Å². The first kappa shape index (κ1) is 12.4. The zero-order valence-corrected chi connectivity index (χ0v) is 11.6. The molecule has 0 spiro atoms. The number of hydrogen-bond donors (Lipinski definition) is 1. The van der Waals surface area contributed by atoms with Crippen LogP contribution in [0, 0.1) is 0 Å². The van der Waals surface area contributed by atoms with Gasteiger partial charge in [-0.3, -0.25) is 9.55 Å². The summed E-state index contributed by atoms with van der Waals surface area (Å²) in [6.07, 6.45) is 1.76. The minimum atomic E-state index is -0.168. The smallest absolute Gasteiger partial charge is 0.270 e. The maximum atomic E-state index is 11.3. The Morgan fingerprint density at radius 2 is 2.35 bits per heavy atom. The number of H-pyrrole nitrogens is 1. The van der Waals surface area contributed by atoms with Crippen LogP contribution in [0.5, 0.6) is 0 Å². The van der Waals surface area contributed by atoms with Crippen molar-refractivity contribution in [3.8, 4) is 0 Å². The Morgan fingerprint density at radius 1 is 1.53 bits per heavy atom. The monoisotopic (exact) mass is 314 g/mol. The number of pyridine rings is 1. The highest BCUT2D eigenvalue weighted by atomic mass is 79.9. The largest absolute Gasteiger partial charge is 0.343 e. The number of thioether (sulfide) groups is 1. The van der Waals surface area contributed by atoms with E-state index in [2.05, 4.69) is 31.1 Å². The normalized spacial score (nSPS) is 10.7. The van der Waals surface area contributed by atoms with Gasteiger partial charge in [0, 0.05) is 23.0 Å². The minimum Gasteiger partial charge on any atom is -0.270 e. The van der Waals surface area contributed by atoms with Crippen molar-refractivity contribution in [2.24, 2.45) is 0 Å². The fourth-order valence-corrected chi connectivity index (χ4v) is 2.48. The summed E-state index contributed by atoms with van der Waals surface area (Å²) in [6.45, 7) is 2.53. The van der Waals surface area contributed by atoms with Gasteiger partial charge in [-0.1, -0.05) is 11.8 Å². The van der Waals surface area contributed by atoms with E-state index in [1.54, 1.807) is 10.8 Å². The summed E-state index contributed by atoms with van der Waals surface area (Å²) >= 11 is 4.83. The lowest BCUT2D eigenvalue weighted by atomic mass is 10.4. The van der Waals surface area contributed by atoms with Crippen molar-refractivity contribution in [2.75, 3.05) is 0 Å². The summed E-state index contributed by atoms with van der Waals surface area (Å²) in [5, 5.41) is 7.11. The van der Waals surface area contributed by atoms with Gasteiger partial charge in [0.25, 0.3) is 0 Å². The maximum Gasteiger partial charge on any atom is 0.343 e. The summed E-state index contributed by atoms with van der Waals surface area (Å²) in [4.78, 5) is 15.6. The molecule has 0 saturated heterocycles. The Morgan fingerprint density at radius 3 is 3.00 bits per heavy atom. The molecular weight excluding hydrogens is 304 g/mol. The quantitative estimate of drug-likeness (QED) is 0.877. The Bertz CT molecular complexity index is 548. The van der Waals surface area contributed by atoms with Gasteiger partial charge in [-0.2, -0.15) is 0 Å². The minimum absolute atomic E-state index is 0.168. The topological polar surface area (TPSA) is 63.6 Å². The molecule has 17 heavy (non-hydrogen) atoms. The molecule has 0 amide bonds. The predicted molar refractivity (Wildman–Crippen MR) is 70.0 cm³/mol. The van der Waals surface area contributed by atoms with Crippen LogP contribution in [0.25, 0.3) is 0 Å². The van der Waals surface area contributed by atoms with Crippen LogP contribution < -0.4 is 5.69 Å².